The van der Waals surface area contributed by atoms with E-state index in [2.05, 4.69) is 11.2 Å². The van der Waals surface area contributed by atoms with E-state index in [4.69, 9.17) is 5.41 Å². The topological polar surface area (TPSA) is 41.7 Å². The second kappa shape index (κ2) is 7.32. The van der Waals surface area contributed by atoms with Gasteiger partial charge in [-0.25, -0.2) is 0 Å². The number of rotatable bonds is 6. The average Bonchev–Trinajstić information content (AvgIpc) is 3.02. The number of hydrogen-bond acceptors (Lipinski definition) is 2. The Hall–Kier alpha value is -2.63. The third kappa shape index (κ3) is 3.79. The van der Waals surface area contributed by atoms with E-state index in [9.17, 15) is 13.2 Å². The zero-order valence-electron chi connectivity index (χ0n) is 14.4. The first kappa shape index (κ1) is 18.2. The van der Waals surface area contributed by atoms with E-state index >= 15 is 0 Å². The van der Waals surface area contributed by atoms with Crippen molar-refractivity contribution in [2.24, 2.45) is 0 Å². The summed E-state index contributed by atoms with van der Waals surface area (Å²) in [5.74, 6) is 0. The fourth-order valence-electron chi connectivity index (χ4n) is 3.02. The van der Waals surface area contributed by atoms with Crippen LogP contribution in [0.25, 0.3) is 22.0 Å². The van der Waals surface area contributed by atoms with Gasteiger partial charge in [0.15, 0.2) is 0 Å². The van der Waals surface area contributed by atoms with Gasteiger partial charge in [0.2, 0.25) is 0 Å². The fourth-order valence-corrected chi connectivity index (χ4v) is 3.02. The lowest BCUT2D eigenvalue weighted by Crippen LogP contribution is -2.07. The van der Waals surface area contributed by atoms with E-state index in [0.717, 1.165) is 29.8 Å². The minimum atomic E-state index is -4.42. The highest BCUT2D eigenvalue weighted by atomic mass is 19.4. The Balaban J connectivity index is 1.92. The van der Waals surface area contributed by atoms with Gasteiger partial charge in [-0.3, -0.25) is 4.68 Å². The highest BCUT2D eigenvalue weighted by molar-refractivity contribution is 5.86. The van der Waals surface area contributed by atoms with Crippen LogP contribution >= 0.6 is 0 Å². The monoisotopic (exact) mass is 358 g/mol. The quantitative estimate of drug-likeness (QED) is 0.562. The molecular formula is C20H19F3N3. The molecule has 0 aliphatic heterocycles. The van der Waals surface area contributed by atoms with Crippen molar-refractivity contribution in [3.8, 4) is 11.1 Å². The first-order chi connectivity index (χ1) is 12.4. The summed E-state index contributed by atoms with van der Waals surface area (Å²) in [6.07, 6.45) is -0.428. The van der Waals surface area contributed by atoms with E-state index in [1.54, 1.807) is 29.1 Å². The molecule has 0 bridgehead atoms. The lowest BCUT2D eigenvalue weighted by molar-refractivity contribution is -0.137. The Morgan fingerprint density at radius 2 is 2.04 bits per heavy atom. The zero-order chi connectivity index (χ0) is 18.7. The van der Waals surface area contributed by atoms with Gasteiger partial charge in [0.1, 0.15) is 0 Å². The number of aromatic nitrogens is 2. The predicted octanol–water partition coefficient (Wildman–Crippen LogP) is 5.73. The average molecular weight is 358 g/mol. The molecule has 6 heteroatoms. The number of fused-ring (bicyclic) bond motifs is 1. The molecule has 1 aromatic heterocycles. The molecule has 0 aliphatic carbocycles. The van der Waals surface area contributed by atoms with E-state index in [0.29, 0.717) is 24.2 Å². The van der Waals surface area contributed by atoms with Gasteiger partial charge >= 0.3 is 6.18 Å². The maximum absolute atomic E-state index is 13.2. The van der Waals surface area contributed by atoms with Crippen LogP contribution in [0.2, 0.25) is 0 Å². The number of nitrogens with one attached hydrogen (secondary N) is 1. The lowest BCUT2D eigenvalue weighted by atomic mass is 9.98. The second-order valence-corrected chi connectivity index (χ2v) is 6.21. The van der Waals surface area contributed by atoms with Gasteiger partial charge in [0.05, 0.1) is 17.3 Å². The Labute approximate surface area is 150 Å². The van der Waals surface area contributed by atoms with E-state index in [-0.39, 0.29) is 5.56 Å². The molecule has 0 saturated carbocycles. The molecular weight excluding hydrogens is 339 g/mol. The van der Waals surface area contributed by atoms with Crippen molar-refractivity contribution in [2.75, 3.05) is 0 Å². The van der Waals surface area contributed by atoms with Crippen molar-refractivity contribution in [2.45, 2.75) is 38.9 Å². The standard InChI is InChI=1S/C20H19F3N3/c1-2-5-16(24)10-11-26-19-9-8-14(12-15(19)13-25-26)17-6-3-4-7-18(17)20(21,22)23/h3,6-9,12-13,24H,2,5,10-11H2,1H3. The molecule has 1 N–H and O–H groups in total. The number of aryl methyl sites for hydroxylation is 1. The van der Waals surface area contributed by atoms with Crippen molar-refractivity contribution >= 4 is 16.6 Å². The summed E-state index contributed by atoms with van der Waals surface area (Å²) >= 11 is 0. The SMILES string of the molecule is CCCC(=N)CCn1ncc2cc(-c3cc[c]cc3C(F)(F)F)ccc21. The third-order valence-electron chi connectivity index (χ3n) is 4.30. The Bertz CT molecular complexity index is 925. The van der Waals surface area contributed by atoms with E-state index in [1.807, 2.05) is 6.92 Å². The molecule has 1 heterocycles. The largest absolute Gasteiger partial charge is 0.417 e. The maximum Gasteiger partial charge on any atom is 0.417 e. The fraction of sp³-hybridized carbons (Fsp3) is 0.300. The minimum absolute atomic E-state index is 0.135. The van der Waals surface area contributed by atoms with Gasteiger partial charge in [-0.15, -0.1) is 0 Å². The van der Waals surface area contributed by atoms with Gasteiger partial charge in [0.25, 0.3) is 0 Å². The molecule has 0 spiro atoms. The molecule has 0 saturated heterocycles. The summed E-state index contributed by atoms with van der Waals surface area (Å²) in [5.41, 5.74) is 1.48. The van der Waals surface area contributed by atoms with Crippen molar-refractivity contribution < 1.29 is 13.2 Å². The van der Waals surface area contributed by atoms with Crippen LogP contribution < -0.4 is 0 Å². The van der Waals surface area contributed by atoms with Gasteiger partial charge in [-0.2, -0.15) is 18.3 Å². The van der Waals surface area contributed by atoms with Crippen molar-refractivity contribution in [1.29, 1.82) is 5.41 Å². The molecule has 0 unspecified atom stereocenters. The predicted molar refractivity (Wildman–Crippen MR) is 96.3 cm³/mol. The highest BCUT2D eigenvalue weighted by Gasteiger charge is 2.33. The van der Waals surface area contributed by atoms with Crippen LogP contribution in [0.5, 0.6) is 0 Å². The summed E-state index contributed by atoms with van der Waals surface area (Å²) < 4.78 is 41.5. The van der Waals surface area contributed by atoms with E-state index in [1.165, 1.54) is 12.1 Å². The highest BCUT2D eigenvalue weighted by Crippen LogP contribution is 2.37. The number of alkyl halides is 3. The Kier molecular flexibility index (Phi) is 5.11. The smallest absolute Gasteiger partial charge is 0.310 e. The van der Waals surface area contributed by atoms with Crippen LogP contribution in [0.4, 0.5) is 13.2 Å². The molecule has 26 heavy (non-hydrogen) atoms. The van der Waals surface area contributed by atoms with Gasteiger partial charge < -0.3 is 5.41 Å². The van der Waals surface area contributed by atoms with Crippen LogP contribution in [0.3, 0.4) is 0 Å². The zero-order valence-corrected chi connectivity index (χ0v) is 14.4. The van der Waals surface area contributed by atoms with Crippen LogP contribution in [0.15, 0.2) is 42.6 Å². The van der Waals surface area contributed by atoms with Crippen molar-refractivity contribution in [3.63, 3.8) is 0 Å². The normalized spacial score (nSPS) is 11.8. The van der Waals surface area contributed by atoms with Crippen molar-refractivity contribution in [1.82, 2.24) is 9.78 Å². The molecule has 1 radical (unpaired) electrons. The molecule has 3 aromatic rings. The molecule has 3 nitrogen and oxygen atoms in total. The molecule has 0 fully saturated rings. The summed E-state index contributed by atoms with van der Waals surface area (Å²) in [6.45, 7) is 2.63. The first-order valence-corrected chi connectivity index (χ1v) is 8.49. The molecule has 0 aliphatic rings. The lowest BCUT2D eigenvalue weighted by Gasteiger charge is -2.13. The van der Waals surface area contributed by atoms with Crippen LogP contribution in [-0.4, -0.2) is 15.5 Å². The van der Waals surface area contributed by atoms with Crippen molar-refractivity contribution in [3.05, 3.63) is 54.2 Å². The number of hydrogen-bond donors (Lipinski definition) is 1. The van der Waals surface area contributed by atoms with Gasteiger partial charge in [0, 0.05) is 24.1 Å². The Morgan fingerprint density at radius 1 is 1.23 bits per heavy atom. The van der Waals surface area contributed by atoms with E-state index < -0.39 is 11.7 Å². The molecule has 2 aromatic carbocycles. The molecule has 135 valence electrons. The number of nitrogens with zero attached hydrogens (tertiary/aromatic N) is 2. The maximum atomic E-state index is 13.2. The number of benzene rings is 2. The molecule has 3 rings (SSSR count). The van der Waals surface area contributed by atoms with Gasteiger partial charge in [-0.1, -0.05) is 31.5 Å². The van der Waals surface area contributed by atoms with Crippen LogP contribution in [-0.2, 0) is 12.7 Å². The van der Waals surface area contributed by atoms with Crippen LogP contribution in [0, 0.1) is 11.5 Å². The third-order valence-corrected chi connectivity index (χ3v) is 4.30. The summed E-state index contributed by atoms with van der Waals surface area (Å²) in [5, 5.41) is 13.0. The second-order valence-electron chi connectivity index (χ2n) is 6.21. The van der Waals surface area contributed by atoms with Crippen LogP contribution in [0.1, 0.15) is 31.7 Å². The number of halogens is 3. The summed E-state index contributed by atoms with van der Waals surface area (Å²) in [6, 6.07) is 11.6. The summed E-state index contributed by atoms with van der Waals surface area (Å²) in [4.78, 5) is 0. The van der Waals surface area contributed by atoms with Gasteiger partial charge in [-0.05, 0) is 41.8 Å². The molecule has 0 atom stereocenters. The first-order valence-electron chi connectivity index (χ1n) is 8.49. The summed E-state index contributed by atoms with van der Waals surface area (Å²) in [7, 11) is 0. The minimum Gasteiger partial charge on any atom is -0.310 e. The Morgan fingerprint density at radius 3 is 2.77 bits per heavy atom. The molecule has 0 amide bonds.